The number of amides is 4. The summed E-state index contributed by atoms with van der Waals surface area (Å²) in [6.07, 6.45) is -12.0. The first-order valence-electron chi connectivity index (χ1n) is 20.2. The van der Waals surface area contributed by atoms with Gasteiger partial charge >= 0.3 is 24.5 Å². The Bertz CT molecular complexity index is 2180. The molecule has 4 amide bonds. The van der Waals surface area contributed by atoms with Gasteiger partial charge in [-0.3, -0.25) is 9.59 Å². The van der Waals surface area contributed by atoms with Gasteiger partial charge in [0.05, 0.1) is 38.1 Å². The van der Waals surface area contributed by atoms with E-state index in [0.717, 1.165) is 35.1 Å². The molecule has 2 aromatic carbocycles. The van der Waals surface area contributed by atoms with Gasteiger partial charge in [-0.15, -0.1) is 0 Å². The van der Waals surface area contributed by atoms with Crippen LogP contribution in [0.25, 0.3) is 33.6 Å². The zero-order chi connectivity index (χ0) is 47.0. The topological polar surface area (TPSA) is 175 Å². The van der Waals surface area contributed by atoms with E-state index in [9.17, 15) is 45.5 Å². The van der Waals surface area contributed by atoms with E-state index in [0.29, 0.717) is 11.1 Å². The van der Waals surface area contributed by atoms with E-state index in [4.69, 9.17) is 23.2 Å². The lowest BCUT2D eigenvalue weighted by Crippen LogP contribution is -2.51. The number of alkyl carbamates (subject to hydrolysis) is 2. The fraction of sp³-hybridized carbons (Fsp3) is 0.476. The first-order chi connectivity index (χ1) is 30.0. The van der Waals surface area contributed by atoms with Crippen molar-refractivity contribution in [3.8, 4) is 33.6 Å². The SMILES string of the molecule is COC(=O)N[C@H](C(=O)N1C[C@@H](C(F)(F)F)C[C@H]1c1nc(-c2ccc(-c3ccc(-c4nc([C@@H]5C[C@H](C(F)(F)F)CN5C(=O)[C@@H](NC(=O)OC)C(C)C)[nH]c4Cl)cc3)cc2)c(Cl)[nH]1)C(C)C. The molecule has 346 valence electrons. The second-order valence-electron chi connectivity index (χ2n) is 16.4. The smallest absolute Gasteiger partial charge is 0.407 e. The fourth-order valence-corrected chi connectivity index (χ4v) is 8.48. The fourth-order valence-electron chi connectivity index (χ4n) is 7.99. The van der Waals surface area contributed by atoms with E-state index >= 15 is 0 Å². The Labute approximate surface area is 373 Å². The van der Waals surface area contributed by atoms with Crippen LogP contribution in [-0.2, 0) is 19.1 Å². The Balaban J connectivity index is 1.21. The molecule has 14 nitrogen and oxygen atoms in total. The summed E-state index contributed by atoms with van der Waals surface area (Å²) in [5.41, 5.74) is 3.00. The van der Waals surface area contributed by atoms with E-state index in [2.05, 4.69) is 40.0 Å². The van der Waals surface area contributed by atoms with Crippen molar-refractivity contribution in [2.75, 3.05) is 27.3 Å². The number of aromatic amines is 2. The number of likely N-dealkylation sites (tertiary alicyclic amines) is 2. The Kier molecular flexibility index (Phi) is 14.2. The van der Waals surface area contributed by atoms with Gasteiger partial charge in [0, 0.05) is 24.2 Å². The molecule has 6 atom stereocenters. The maximum atomic E-state index is 14.0. The molecule has 0 aliphatic carbocycles. The molecule has 6 rings (SSSR count). The number of imidazole rings is 2. The van der Waals surface area contributed by atoms with Crippen LogP contribution in [-0.4, -0.2) is 105 Å². The van der Waals surface area contributed by atoms with Crippen LogP contribution in [0.1, 0.15) is 64.3 Å². The molecule has 0 spiro atoms. The van der Waals surface area contributed by atoms with Gasteiger partial charge in [0.2, 0.25) is 11.8 Å². The summed E-state index contributed by atoms with van der Waals surface area (Å²) in [5, 5.41) is 4.91. The summed E-state index contributed by atoms with van der Waals surface area (Å²) in [7, 11) is 2.22. The molecule has 4 N–H and O–H groups in total. The molecular formula is C42H46Cl2F6N8O6. The summed E-state index contributed by atoms with van der Waals surface area (Å²) in [5.74, 6) is -6.03. The van der Waals surface area contributed by atoms with Crippen LogP contribution < -0.4 is 10.6 Å². The molecule has 2 saturated heterocycles. The first kappa shape index (κ1) is 48.0. The monoisotopic (exact) mass is 942 g/mol. The average molecular weight is 944 g/mol. The van der Waals surface area contributed by atoms with Gasteiger partial charge in [0.25, 0.3) is 0 Å². The van der Waals surface area contributed by atoms with Crippen molar-refractivity contribution < 1.29 is 55.0 Å². The van der Waals surface area contributed by atoms with Gasteiger partial charge in [-0.05, 0) is 35.8 Å². The van der Waals surface area contributed by atoms with Crippen LogP contribution in [0.3, 0.4) is 0 Å². The number of rotatable bonds is 11. The number of carbonyl (C=O) groups is 4. The minimum atomic E-state index is -4.61. The molecule has 2 aromatic heterocycles. The second-order valence-corrected chi connectivity index (χ2v) is 17.2. The van der Waals surface area contributed by atoms with Crippen molar-refractivity contribution in [3.05, 3.63) is 70.5 Å². The molecule has 22 heteroatoms. The van der Waals surface area contributed by atoms with Crippen molar-refractivity contribution in [1.29, 1.82) is 0 Å². The van der Waals surface area contributed by atoms with Gasteiger partial charge in [0.1, 0.15) is 45.4 Å². The van der Waals surface area contributed by atoms with Crippen LogP contribution in [0.15, 0.2) is 48.5 Å². The Hall–Kier alpha value is -5.50. The number of nitrogens with zero attached hydrogens (tertiary/aromatic N) is 4. The Morgan fingerprint density at radius 1 is 0.625 bits per heavy atom. The number of methoxy groups -OCH3 is 2. The molecule has 2 aliphatic rings. The lowest BCUT2D eigenvalue weighted by Gasteiger charge is -2.30. The number of nitrogens with one attached hydrogen (secondary N) is 4. The van der Waals surface area contributed by atoms with E-state index in [1.165, 1.54) is 0 Å². The highest BCUT2D eigenvalue weighted by Gasteiger charge is 2.53. The van der Waals surface area contributed by atoms with Gasteiger partial charge in [-0.25, -0.2) is 19.6 Å². The number of benzene rings is 2. The summed E-state index contributed by atoms with van der Waals surface area (Å²) < 4.78 is 93.5. The van der Waals surface area contributed by atoms with Gasteiger partial charge in [-0.1, -0.05) is 99.4 Å². The number of carbonyl (C=O) groups excluding carboxylic acids is 4. The van der Waals surface area contributed by atoms with Crippen molar-refractivity contribution in [2.45, 2.75) is 77.1 Å². The first-order valence-corrected chi connectivity index (χ1v) is 20.9. The van der Waals surface area contributed by atoms with Crippen molar-refractivity contribution in [3.63, 3.8) is 0 Å². The summed E-state index contributed by atoms with van der Waals surface area (Å²) in [6, 6.07) is 9.34. The van der Waals surface area contributed by atoms with E-state index in [1.807, 2.05) is 0 Å². The number of hydrogen-bond acceptors (Lipinski definition) is 8. The standard InChI is InChI=1S/C42H46Cl2F6N8O6/c1-19(2)29(53-39(61)63-5)37(59)57-17-25(41(45,46)47)15-27(57)35-51-31(33(43)55-35)23-11-7-21(8-12-23)22-9-13-24(14-10-22)32-34(44)56-36(52-32)28-16-26(42(48,49)50)18-58(28)38(60)30(20(3)4)54-40(62)64-6/h7-14,19-20,25-30H,15-18H2,1-6H3,(H,51,55)(H,52,56)(H,53,61)(H,54,62)/t25-,26-,27-,28-,29-,30-/m0/s1. The predicted octanol–water partition coefficient (Wildman–Crippen LogP) is 9.11. The third-order valence-electron chi connectivity index (χ3n) is 11.5. The maximum Gasteiger partial charge on any atom is 0.407 e. The number of H-pyrrole nitrogens is 2. The molecule has 64 heavy (non-hydrogen) atoms. The molecule has 2 aliphatic heterocycles. The highest BCUT2D eigenvalue weighted by Crippen LogP contribution is 2.46. The largest absolute Gasteiger partial charge is 0.453 e. The number of hydrogen-bond donors (Lipinski definition) is 4. The highest BCUT2D eigenvalue weighted by atomic mass is 35.5. The second kappa shape index (κ2) is 18.9. The van der Waals surface area contributed by atoms with Crippen LogP contribution >= 0.6 is 23.2 Å². The van der Waals surface area contributed by atoms with Gasteiger partial charge in [-0.2, -0.15) is 26.3 Å². The molecule has 2 fully saturated rings. The maximum absolute atomic E-state index is 14.0. The molecule has 0 radical (unpaired) electrons. The molecular weight excluding hydrogens is 897 g/mol. The van der Waals surface area contributed by atoms with Gasteiger partial charge < -0.3 is 39.9 Å². The number of aromatic nitrogens is 4. The third kappa shape index (κ3) is 10.2. The van der Waals surface area contributed by atoms with Crippen LogP contribution in [0, 0.1) is 23.7 Å². The zero-order valence-corrected chi connectivity index (χ0v) is 36.8. The van der Waals surface area contributed by atoms with Crippen molar-refractivity contribution >= 4 is 47.2 Å². The third-order valence-corrected chi connectivity index (χ3v) is 12.1. The summed E-state index contributed by atoms with van der Waals surface area (Å²) >= 11 is 13.2. The Morgan fingerprint density at radius 3 is 1.22 bits per heavy atom. The zero-order valence-electron chi connectivity index (χ0n) is 35.3. The minimum absolute atomic E-state index is 0.0370. The van der Waals surface area contributed by atoms with E-state index < -0.39 is 110 Å². The van der Waals surface area contributed by atoms with Crippen molar-refractivity contribution in [2.24, 2.45) is 23.7 Å². The quantitative estimate of drug-likeness (QED) is 0.108. The average Bonchev–Trinajstić information content (AvgIpc) is 4.06. The van der Waals surface area contributed by atoms with Crippen LogP contribution in [0.4, 0.5) is 35.9 Å². The number of alkyl halides is 6. The predicted molar refractivity (Wildman–Crippen MR) is 223 cm³/mol. The van der Waals surface area contributed by atoms with Crippen molar-refractivity contribution in [1.82, 2.24) is 40.4 Å². The summed E-state index contributed by atoms with van der Waals surface area (Å²) in [4.78, 5) is 68.4. The van der Waals surface area contributed by atoms with Gasteiger partial charge in [0.15, 0.2) is 0 Å². The summed E-state index contributed by atoms with van der Waals surface area (Å²) in [6.45, 7) is 5.28. The number of ether oxygens (including phenoxy) is 2. The lowest BCUT2D eigenvalue weighted by molar-refractivity contribution is -0.172. The molecule has 0 saturated carbocycles. The lowest BCUT2D eigenvalue weighted by atomic mass is 10.0. The Morgan fingerprint density at radius 2 is 0.938 bits per heavy atom. The van der Waals surface area contributed by atoms with E-state index in [-0.39, 0.29) is 33.3 Å². The molecule has 4 aromatic rings. The highest BCUT2D eigenvalue weighted by molar-refractivity contribution is 6.32. The van der Waals surface area contributed by atoms with Crippen LogP contribution in [0.5, 0.6) is 0 Å². The molecule has 0 unspecified atom stereocenters. The number of halogens is 8. The van der Waals surface area contributed by atoms with E-state index in [1.54, 1.807) is 76.2 Å². The molecule has 0 bridgehead atoms. The van der Waals surface area contributed by atoms with Crippen LogP contribution in [0.2, 0.25) is 10.3 Å². The normalized spacial score (nSPS) is 20.1. The molecule has 4 heterocycles. The minimum Gasteiger partial charge on any atom is -0.453 e.